The van der Waals surface area contributed by atoms with Crippen molar-refractivity contribution >= 4 is 11.6 Å². The molecule has 2 rings (SSSR count). The summed E-state index contributed by atoms with van der Waals surface area (Å²) in [5.41, 5.74) is 8.14. The van der Waals surface area contributed by atoms with Gasteiger partial charge in [0.1, 0.15) is 6.26 Å². The number of nitrogens with two attached hydrogens (primary N) is 1. The van der Waals surface area contributed by atoms with E-state index in [1.54, 1.807) is 0 Å². The summed E-state index contributed by atoms with van der Waals surface area (Å²) in [7, 11) is 0. The highest BCUT2D eigenvalue weighted by atomic mass is 16.3. The number of nitrogens with zero attached hydrogens (tertiary/aromatic N) is 1. The van der Waals surface area contributed by atoms with Gasteiger partial charge in [-0.3, -0.25) is 4.79 Å². The van der Waals surface area contributed by atoms with E-state index in [4.69, 9.17) is 10.2 Å². The molecule has 112 valence electrons. The van der Waals surface area contributed by atoms with Crippen molar-refractivity contribution in [2.45, 2.75) is 33.2 Å². The third kappa shape index (κ3) is 3.70. The van der Waals surface area contributed by atoms with Crippen LogP contribution >= 0.6 is 0 Å². The minimum Gasteiger partial charge on any atom is -0.446 e. The molecule has 0 saturated carbocycles. The fraction of sp³-hybridized carbons (Fsp3) is 0.375. The number of aromatic nitrogens is 1. The van der Waals surface area contributed by atoms with E-state index in [1.807, 2.05) is 38.1 Å². The number of amides is 1. The number of carbonyl (C=O) groups excluding carboxylic acids is 1. The van der Waals surface area contributed by atoms with Crippen LogP contribution in [-0.2, 0) is 6.42 Å². The van der Waals surface area contributed by atoms with E-state index < -0.39 is 0 Å². The van der Waals surface area contributed by atoms with Gasteiger partial charge in [-0.15, -0.1) is 0 Å². The van der Waals surface area contributed by atoms with Gasteiger partial charge in [0, 0.05) is 5.69 Å². The molecule has 5 nitrogen and oxygen atoms in total. The summed E-state index contributed by atoms with van der Waals surface area (Å²) in [5.74, 6) is 0.280. The number of oxazole rings is 1. The summed E-state index contributed by atoms with van der Waals surface area (Å²) in [4.78, 5) is 16.3. The lowest BCUT2D eigenvalue weighted by Gasteiger charge is -2.10. The van der Waals surface area contributed by atoms with Crippen LogP contribution in [0.3, 0.4) is 0 Å². The van der Waals surface area contributed by atoms with Gasteiger partial charge in [0.25, 0.3) is 5.91 Å². The zero-order chi connectivity index (χ0) is 15.4. The minimum atomic E-state index is -0.310. The van der Waals surface area contributed by atoms with E-state index in [0.29, 0.717) is 5.89 Å². The highest BCUT2D eigenvalue weighted by Gasteiger charge is 2.19. The fourth-order valence-corrected chi connectivity index (χ4v) is 1.85. The Hall–Kier alpha value is -2.14. The molecule has 0 bridgehead atoms. The van der Waals surface area contributed by atoms with E-state index in [2.05, 4.69) is 17.2 Å². The first-order chi connectivity index (χ1) is 10.0. The van der Waals surface area contributed by atoms with E-state index >= 15 is 0 Å². The topological polar surface area (TPSA) is 81.2 Å². The number of carbonyl (C=O) groups is 1. The van der Waals surface area contributed by atoms with Gasteiger partial charge in [0.15, 0.2) is 5.69 Å². The molecule has 2 aromatic rings. The Morgan fingerprint density at radius 1 is 1.33 bits per heavy atom. The molecule has 21 heavy (non-hydrogen) atoms. The van der Waals surface area contributed by atoms with E-state index in [0.717, 1.165) is 12.1 Å². The van der Waals surface area contributed by atoms with Crippen LogP contribution in [0, 0.1) is 5.92 Å². The molecule has 1 unspecified atom stereocenters. The quantitative estimate of drug-likeness (QED) is 0.885. The molecule has 0 saturated heterocycles. The fourth-order valence-electron chi connectivity index (χ4n) is 1.85. The smallest absolute Gasteiger partial charge is 0.277 e. The number of anilines is 1. The van der Waals surface area contributed by atoms with Crippen molar-refractivity contribution in [2.75, 3.05) is 5.32 Å². The zero-order valence-corrected chi connectivity index (χ0v) is 12.6. The van der Waals surface area contributed by atoms with Crippen LogP contribution in [0.4, 0.5) is 5.69 Å². The first-order valence-electron chi connectivity index (χ1n) is 7.12. The molecule has 0 radical (unpaired) electrons. The van der Waals surface area contributed by atoms with E-state index in [1.165, 1.54) is 11.8 Å². The first-order valence-corrected chi connectivity index (χ1v) is 7.12. The maximum Gasteiger partial charge on any atom is 0.277 e. The Balaban J connectivity index is 2.06. The largest absolute Gasteiger partial charge is 0.446 e. The van der Waals surface area contributed by atoms with Gasteiger partial charge in [-0.05, 0) is 30.0 Å². The van der Waals surface area contributed by atoms with Crippen LogP contribution in [0.15, 0.2) is 34.9 Å². The molecule has 3 N–H and O–H groups in total. The minimum absolute atomic E-state index is 0.196. The third-order valence-corrected chi connectivity index (χ3v) is 3.38. The van der Waals surface area contributed by atoms with E-state index in [-0.39, 0.29) is 23.6 Å². The predicted octanol–water partition coefficient (Wildman–Crippen LogP) is 3.15. The average molecular weight is 287 g/mol. The lowest BCUT2D eigenvalue weighted by molar-refractivity contribution is 0.102. The second-order valence-corrected chi connectivity index (χ2v) is 5.35. The standard InChI is InChI=1S/C16H21N3O2/c1-4-11-5-7-12(8-6-11)18-15(20)13-9-21-16(19-13)14(17)10(2)3/h5-10,14H,4,17H2,1-3H3,(H,18,20). The Kier molecular flexibility index (Phi) is 4.75. The van der Waals surface area contributed by atoms with Crippen LogP contribution in [0.2, 0.25) is 0 Å². The summed E-state index contributed by atoms with van der Waals surface area (Å²) in [6.07, 6.45) is 2.31. The van der Waals surface area contributed by atoms with Gasteiger partial charge >= 0.3 is 0 Å². The van der Waals surface area contributed by atoms with Crippen molar-refractivity contribution in [3.63, 3.8) is 0 Å². The van der Waals surface area contributed by atoms with Crippen LogP contribution in [0.5, 0.6) is 0 Å². The van der Waals surface area contributed by atoms with Gasteiger partial charge in [0.05, 0.1) is 6.04 Å². The van der Waals surface area contributed by atoms with Crippen LogP contribution in [0.1, 0.15) is 48.8 Å². The Morgan fingerprint density at radius 2 is 2.00 bits per heavy atom. The van der Waals surface area contributed by atoms with Crippen molar-refractivity contribution in [2.24, 2.45) is 11.7 Å². The Bertz CT molecular complexity index is 602. The first kappa shape index (κ1) is 15.3. The van der Waals surface area contributed by atoms with Gasteiger partial charge in [-0.25, -0.2) is 4.98 Å². The summed E-state index contributed by atoms with van der Waals surface area (Å²) in [6.45, 7) is 6.04. The van der Waals surface area contributed by atoms with Gasteiger partial charge in [-0.2, -0.15) is 0 Å². The maximum absolute atomic E-state index is 12.1. The number of aryl methyl sites for hydroxylation is 1. The lowest BCUT2D eigenvalue weighted by Crippen LogP contribution is -2.18. The summed E-state index contributed by atoms with van der Waals surface area (Å²) in [5, 5.41) is 2.79. The molecule has 1 amide bonds. The Labute approximate surface area is 124 Å². The molecule has 1 aromatic carbocycles. The van der Waals surface area contributed by atoms with Crippen molar-refractivity contribution < 1.29 is 9.21 Å². The number of hydrogen-bond donors (Lipinski definition) is 2. The third-order valence-electron chi connectivity index (χ3n) is 3.38. The van der Waals surface area contributed by atoms with E-state index in [9.17, 15) is 4.79 Å². The molecule has 0 aliphatic rings. The van der Waals surface area contributed by atoms with Gasteiger partial charge in [-0.1, -0.05) is 32.9 Å². The Morgan fingerprint density at radius 3 is 2.57 bits per heavy atom. The SMILES string of the molecule is CCc1ccc(NC(=O)c2coc(C(N)C(C)C)n2)cc1. The maximum atomic E-state index is 12.1. The monoisotopic (exact) mass is 287 g/mol. The second kappa shape index (κ2) is 6.54. The van der Waals surface area contributed by atoms with Crippen LogP contribution in [-0.4, -0.2) is 10.9 Å². The van der Waals surface area contributed by atoms with Crippen molar-refractivity contribution in [1.82, 2.24) is 4.98 Å². The molecule has 0 fully saturated rings. The summed E-state index contributed by atoms with van der Waals surface area (Å²) >= 11 is 0. The molecule has 1 atom stereocenters. The predicted molar refractivity (Wildman–Crippen MR) is 82.0 cm³/mol. The lowest BCUT2D eigenvalue weighted by atomic mass is 10.1. The number of nitrogens with one attached hydrogen (secondary N) is 1. The number of hydrogen-bond acceptors (Lipinski definition) is 4. The molecular weight excluding hydrogens is 266 g/mol. The molecule has 0 aliphatic carbocycles. The molecule has 5 heteroatoms. The molecule has 0 spiro atoms. The average Bonchev–Trinajstić information content (AvgIpc) is 2.97. The highest BCUT2D eigenvalue weighted by molar-refractivity contribution is 6.02. The molecule has 0 aliphatic heterocycles. The molecule has 1 aromatic heterocycles. The zero-order valence-electron chi connectivity index (χ0n) is 12.6. The summed E-state index contributed by atoms with van der Waals surface area (Å²) in [6, 6.07) is 7.40. The van der Waals surface area contributed by atoms with Crippen LogP contribution in [0.25, 0.3) is 0 Å². The molecule has 1 heterocycles. The van der Waals surface area contributed by atoms with Crippen molar-refractivity contribution in [3.8, 4) is 0 Å². The normalized spacial score (nSPS) is 12.4. The summed E-state index contributed by atoms with van der Waals surface area (Å²) < 4.78 is 5.29. The highest BCUT2D eigenvalue weighted by Crippen LogP contribution is 2.18. The van der Waals surface area contributed by atoms with Gasteiger partial charge in [0.2, 0.25) is 5.89 Å². The van der Waals surface area contributed by atoms with Crippen molar-refractivity contribution in [3.05, 3.63) is 47.7 Å². The number of benzene rings is 1. The molecular formula is C16H21N3O2. The second-order valence-electron chi connectivity index (χ2n) is 5.35. The van der Waals surface area contributed by atoms with Crippen LogP contribution < -0.4 is 11.1 Å². The van der Waals surface area contributed by atoms with Crippen molar-refractivity contribution in [1.29, 1.82) is 0 Å². The number of rotatable bonds is 5. The van der Waals surface area contributed by atoms with Gasteiger partial charge < -0.3 is 15.5 Å².